The Morgan fingerprint density at radius 1 is 0.760 bits per heavy atom. The molecule has 0 aliphatic heterocycles. The van der Waals surface area contributed by atoms with Gasteiger partial charge >= 0.3 is 0 Å². The lowest BCUT2D eigenvalue weighted by Crippen LogP contribution is -1.88. The van der Waals surface area contributed by atoms with Gasteiger partial charge in [-0.15, -0.1) is 0 Å². The summed E-state index contributed by atoms with van der Waals surface area (Å²) in [6, 6.07) is 18.8. The molecule has 1 N–H and O–H groups in total. The number of aromatic amines is 1. The molecule has 0 bridgehead atoms. The van der Waals surface area contributed by atoms with Gasteiger partial charge in [0.1, 0.15) is 0 Å². The van der Waals surface area contributed by atoms with Gasteiger partial charge in [0, 0.05) is 11.1 Å². The molecule has 0 unspecified atom stereocenters. The van der Waals surface area contributed by atoms with Gasteiger partial charge in [-0.25, -0.2) is 4.98 Å². The van der Waals surface area contributed by atoms with Crippen molar-refractivity contribution in [3.8, 4) is 22.8 Å². The summed E-state index contributed by atoms with van der Waals surface area (Å²) >= 11 is 0. The number of unbranched alkanes of at least 4 members (excludes halogenated alkanes) is 5. The Hall–Kier alpha value is -2.42. The van der Waals surface area contributed by atoms with Crippen LogP contribution in [-0.4, -0.2) is 15.2 Å². The number of H-pyrrole nitrogens is 1. The van der Waals surface area contributed by atoms with E-state index in [-0.39, 0.29) is 0 Å². The summed E-state index contributed by atoms with van der Waals surface area (Å²) in [6.07, 6.45) is 9.21. The maximum atomic E-state index is 4.62. The molecular formula is C22H27N3. The van der Waals surface area contributed by atoms with E-state index in [1.165, 1.54) is 44.1 Å². The molecule has 1 heterocycles. The van der Waals surface area contributed by atoms with Crippen LogP contribution in [0.2, 0.25) is 0 Å². The first-order valence-corrected chi connectivity index (χ1v) is 9.44. The third kappa shape index (κ3) is 5.02. The molecule has 0 saturated heterocycles. The van der Waals surface area contributed by atoms with Crippen LogP contribution in [0.4, 0.5) is 0 Å². The SMILES string of the molecule is CCCCCCCCc1ccc(-c2n[nH]c(-c3ccccc3)n2)cc1. The van der Waals surface area contributed by atoms with Crippen LogP contribution in [-0.2, 0) is 6.42 Å². The van der Waals surface area contributed by atoms with Crippen molar-refractivity contribution in [3.05, 3.63) is 60.2 Å². The van der Waals surface area contributed by atoms with E-state index in [0.717, 1.165) is 29.2 Å². The van der Waals surface area contributed by atoms with Crippen LogP contribution in [0.1, 0.15) is 51.0 Å². The fourth-order valence-corrected chi connectivity index (χ4v) is 3.05. The van der Waals surface area contributed by atoms with E-state index in [2.05, 4.69) is 46.4 Å². The highest BCUT2D eigenvalue weighted by atomic mass is 15.2. The number of rotatable bonds is 9. The molecule has 0 radical (unpaired) electrons. The van der Waals surface area contributed by atoms with Crippen molar-refractivity contribution >= 4 is 0 Å². The van der Waals surface area contributed by atoms with Crippen LogP contribution in [0.15, 0.2) is 54.6 Å². The molecule has 2 aromatic carbocycles. The lowest BCUT2D eigenvalue weighted by Gasteiger charge is -2.03. The summed E-state index contributed by atoms with van der Waals surface area (Å²) in [6.45, 7) is 2.26. The molecule has 1 aromatic heterocycles. The molecule has 130 valence electrons. The predicted octanol–water partition coefficient (Wildman–Crippen LogP) is 6.04. The minimum atomic E-state index is 0.755. The second kappa shape index (κ2) is 9.16. The monoisotopic (exact) mass is 333 g/mol. The molecule has 0 saturated carbocycles. The molecule has 0 amide bonds. The summed E-state index contributed by atoms with van der Waals surface area (Å²) < 4.78 is 0. The van der Waals surface area contributed by atoms with E-state index in [0.29, 0.717) is 0 Å². The topological polar surface area (TPSA) is 41.6 Å². The van der Waals surface area contributed by atoms with Crippen LogP contribution in [0, 0.1) is 0 Å². The van der Waals surface area contributed by atoms with Gasteiger partial charge in [-0.3, -0.25) is 5.10 Å². The Bertz CT molecular complexity index is 744. The number of benzene rings is 2. The van der Waals surface area contributed by atoms with Crippen molar-refractivity contribution < 1.29 is 0 Å². The number of aromatic nitrogens is 3. The Kier molecular flexibility index (Phi) is 6.38. The van der Waals surface area contributed by atoms with E-state index in [1.807, 2.05) is 30.3 Å². The summed E-state index contributed by atoms with van der Waals surface area (Å²) in [5.41, 5.74) is 3.52. The van der Waals surface area contributed by atoms with Crippen molar-refractivity contribution in [1.29, 1.82) is 0 Å². The average Bonchev–Trinajstić information content (AvgIpc) is 3.16. The number of nitrogens with zero attached hydrogens (tertiary/aromatic N) is 2. The minimum Gasteiger partial charge on any atom is -0.259 e. The molecule has 0 fully saturated rings. The summed E-state index contributed by atoms with van der Waals surface area (Å²) in [5, 5.41) is 7.39. The van der Waals surface area contributed by atoms with Crippen molar-refractivity contribution in [1.82, 2.24) is 15.2 Å². The Morgan fingerprint density at radius 3 is 2.24 bits per heavy atom. The molecule has 3 heteroatoms. The highest BCUT2D eigenvalue weighted by molar-refractivity contribution is 5.61. The number of aryl methyl sites for hydroxylation is 1. The maximum Gasteiger partial charge on any atom is 0.181 e. The molecule has 25 heavy (non-hydrogen) atoms. The highest BCUT2D eigenvalue weighted by Crippen LogP contribution is 2.20. The summed E-state index contributed by atoms with van der Waals surface area (Å²) in [5.74, 6) is 1.57. The van der Waals surface area contributed by atoms with Gasteiger partial charge in [0.05, 0.1) is 0 Å². The molecule has 0 spiro atoms. The van der Waals surface area contributed by atoms with Gasteiger partial charge < -0.3 is 0 Å². The molecule has 0 atom stereocenters. The van der Waals surface area contributed by atoms with Crippen LogP contribution in [0.3, 0.4) is 0 Å². The van der Waals surface area contributed by atoms with Crippen LogP contribution in [0.25, 0.3) is 22.8 Å². The van der Waals surface area contributed by atoms with E-state index in [9.17, 15) is 0 Å². The van der Waals surface area contributed by atoms with Crippen molar-refractivity contribution in [2.24, 2.45) is 0 Å². The smallest absolute Gasteiger partial charge is 0.181 e. The Labute approximate surface area is 150 Å². The zero-order valence-corrected chi connectivity index (χ0v) is 15.0. The van der Waals surface area contributed by atoms with E-state index in [1.54, 1.807) is 0 Å². The summed E-state index contributed by atoms with van der Waals surface area (Å²) in [7, 11) is 0. The maximum absolute atomic E-state index is 4.62. The van der Waals surface area contributed by atoms with Gasteiger partial charge in [-0.2, -0.15) is 5.10 Å². The van der Waals surface area contributed by atoms with Gasteiger partial charge in [0.2, 0.25) is 0 Å². The lowest BCUT2D eigenvalue weighted by atomic mass is 10.0. The van der Waals surface area contributed by atoms with E-state index >= 15 is 0 Å². The van der Waals surface area contributed by atoms with Crippen LogP contribution >= 0.6 is 0 Å². The second-order valence-corrected chi connectivity index (χ2v) is 6.59. The number of hydrogen-bond acceptors (Lipinski definition) is 2. The third-order valence-corrected chi connectivity index (χ3v) is 4.56. The van der Waals surface area contributed by atoms with Gasteiger partial charge in [0.15, 0.2) is 11.6 Å². The molecular weight excluding hydrogens is 306 g/mol. The highest BCUT2D eigenvalue weighted by Gasteiger charge is 2.07. The van der Waals surface area contributed by atoms with Gasteiger partial charge in [-0.1, -0.05) is 93.6 Å². The van der Waals surface area contributed by atoms with Crippen molar-refractivity contribution in [2.45, 2.75) is 51.9 Å². The first-order chi connectivity index (χ1) is 12.4. The molecule has 0 aliphatic rings. The van der Waals surface area contributed by atoms with E-state index < -0.39 is 0 Å². The van der Waals surface area contributed by atoms with Crippen molar-refractivity contribution in [3.63, 3.8) is 0 Å². The third-order valence-electron chi connectivity index (χ3n) is 4.56. The quantitative estimate of drug-likeness (QED) is 0.485. The molecule has 3 rings (SSSR count). The van der Waals surface area contributed by atoms with Gasteiger partial charge in [0.25, 0.3) is 0 Å². The summed E-state index contributed by atoms with van der Waals surface area (Å²) in [4.78, 5) is 4.62. The van der Waals surface area contributed by atoms with Crippen LogP contribution in [0.5, 0.6) is 0 Å². The number of nitrogens with one attached hydrogen (secondary N) is 1. The molecule has 0 aliphatic carbocycles. The van der Waals surface area contributed by atoms with Crippen LogP contribution < -0.4 is 0 Å². The fraction of sp³-hybridized carbons (Fsp3) is 0.364. The normalized spacial score (nSPS) is 10.9. The minimum absolute atomic E-state index is 0.755. The van der Waals surface area contributed by atoms with Crippen molar-refractivity contribution in [2.75, 3.05) is 0 Å². The second-order valence-electron chi connectivity index (χ2n) is 6.59. The first kappa shape index (κ1) is 17.4. The zero-order valence-electron chi connectivity index (χ0n) is 15.0. The predicted molar refractivity (Wildman–Crippen MR) is 104 cm³/mol. The first-order valence-electron chi connectivity index (χ1n) is 9.44. The lowest BCUT2D eigenvalue weighted by molar-refractivity contribution is 0.607. The average molecular weight is 333 g/mol. The molecule has 3 aromatic rings. The number of hydrogen-bond donors (Lipinski definition) is 1. The Balaban J connectivity index is 1.55. The fourth-order valence-electron chi connectivity index (χ4n) is 3.05. The molecule has 3 nitrogen and oxygen atoms in total. The standard InChI is InChI=1S/C22H27N3/c1-2-3-4-5-6-8-11-18-14-16-20(17-15-18)22-23-21(24-25-22)19-12-9-7-10-13-19/h7,9-10,12-17H,2-6,8,11H2,1H3,(H,23,24,25). The largest absolute Gasteiger partial charge is 0.259 e. The Morgan fingerprint density at radius 2 is 1.48 bits per heavy atom. The van der Waals surface area contributed by atoms with Gasteiger partial charge in [-0.05, 0) is 18.4 Å². The zero-order chi connectivity index (χ0) is 17.3. The van der Waals surface area contributed by atoms with E-state index in [4.69, 9.17) is 0 Å².